The van der Waals surface area contributed by atoms with Crippen LogP contribution in [0.1, 0.15) is 20.7 Å². The van der Waals surface area contributed by atoms with E-state index in [0.717, 1.165) is 11.8 Å². The molecule has 2 aromatic rings. The third kappa shape index (κ3) is 4.14. The van der Waals surface area contributed by atoms with Crippen molar-refractivity contribution in [2.75, 3.05) is 0 Å². The van der Waals surface area contributed by atoms with E-state index in [1.54, 1.807) is 30.3 Å². The first-order chi connectivity index (χ1) is 8.69. The van der Waals surface area contributed by atoms with Crippen LogP contribution >= 0.6 is 15.9 Å². The van der Waals surface area contributed by atoms with Gasteiger partial charge in [-0.3, -0.25) is 9.59 Å². The molecule has 0 saturated carbocycles. The molecule has 0 heterocycles. The second-order valence-electron chi connectivity index (χ2n) is 3.32. The lowest BCUT2D eigenvalue weighted by Gasteiger charge is -1.96. The van der Waals surface area contributed by atoms with Crippen molar-refractivity contribution >= 4 is 28.5 Å². The van der Waals surface area contributed by atoms with Gasteiger partial charge in [-0.25, -0.2) is 0 Å². The average molecular weight is 307 g/mol. The van der Waals surface area contributed by atoms with E-state index in [1.807, 2.05) is 18.2 Å². The molecule has 3 nitrogen and oxygen atoms in total. The van der Waals surface area contributed by atoms with Gasteiger partial charge in [0.15, 0.2) is 6.29 Å². The molecule has 0 fully saturated rings. The normalized spacial score (nSPS) is 8.94. The van der Waals surface area contributed by atoms with E-state index in [1.165, 1.54) is 0 Å². The minimum Gasteiger partial charge on any atom is -0.506 e. The van der Waals surface area contributed by atoms with Crippen molar-refractivity contribution in [1.29, 1.82) is 0 Å². The lowest BCUT2D eigenvalue weighted by atomic mass is 10.2. The molecular weight excluding hydrogens is 296 g/mol. The van der Waals surface area contributed by atoms with E-state index in [9.17, 15) is 9.59 Å². The Bertz CT molecular complexity index is 524. The molecule has 92 valence electrons. The van der Waals surface area contributed by atoms with Crippen LogP contribution in [0.15, 0.2) is 53.0 Å². The molecule has 0 aromatic heterocycles. The van der Waals surface area contributed by atoms with Crippen molar-refractivity contribution in [2.45, 2.75) is 0 Å². The van der Waals surface area contributed by atoms with E-state index < -0.39 is 0 Å². The first-order valence-electron chi connectivity index (χ1n) is 5.12. The number of hydrogen-bond acceptors (Lipinski definition) is 3. The number of halogens is 1. The highest BCUT2D eigenvalue weighted by molar-refractivity contribution is 9.10. The molecule has 1 N–H and O–H groups in total. The van der Waals surface area contributed by atoms with E-state index in [2.05, 4.69) is 15.9 Å². The van der Waals surface area contributed by atoms with Gasteiger partial charge in [0, 0.05) is 5.56 Å². The maximum atomic E-state index is 10.2. The molecule has 2 rings (SSSR count). The Morgan fingerprint density at radius 3 is 2.00 bits per heavy atom. The largest absolute Gasteiger partial charge is 0.506 e. The molecule has 4 heteroatoms. The van der Waals surface area contributed by atoms with Gasteiger partial charge < -0.3 is 5.11 Å². The summed E-state index contributed by atoms with van der Waals surface area (Å²) in [4.78, 5) is 20.2. The van der Waals surface area contributed by atoms with Crippen LogP contribution in [0, 0.1) is 0 Å². The molecule has 0 aliphatic carbocycles. The van der Waals surface area contributed by atoms with Crippen LogP contribution in [-0.2, 0) is 0 Å². The third-order valence-electron chi connectivity index (χ3n) is 2.08. The summed E-state index contributed by atoms with van der Waals surface area (Å²) >= 11 is 3.08. The van der Waals surface area contributed by atoms with Crippen LogP contribution in [-0.4, -0.2) is 17.7 Å². The summed E-state index contributed by atoms with van der Waals surface area (Å²) in [5.74, 6) is -0.00231. The van der Waals surface area contributed by atoms with Gasteiger partial charge in [0.05, 0.1) is 10.0 Å². The summed E-state index contributed by atoms with van der Waals surface area (Å²) in [6.07, 6.45) is 1.44. The summed E-state index contributed by atoms with van der Waals surface area (Å²) < 4.78 is 0.539. The molecule has 0 aliphatic rings. The van der Waals surface area contributed by atoms with E-state index >= 15 is 0 Å². The zero-order valence-corrected chi connectivity index (χ0v) is 11.0. The van der Waals surface area contributed by atoms with Crippen LogP contribution in [0.4, 0.5) is 0 Å². The molecule has 0 aliphatic heterocycles. The van der Waals surface area contributed by atoms with Gasteiger partial charge in [-0.2, -0.15) is 0 Å². The van der Waals surface area contributed by atoms with E-state index in [-0.39, 0.29) is 5.75 Å². The number of aldehydes is 2. The lowest BCUT2D eigenvalue weighted by molar-refractivity contribution is 0.111. The third-order valence-corrected chi connectivity index (χ3v) is 2.72. The Hall–Kier alpha value is -1.94. The number of phenols is 1. The number of para-hydroxylation sites is 1. The van der Waals surface area contributed by atoms with E-state index in [0.29, 0.717) is 16.3 Å². The standard InChI is InChI=1S/C7H5BrO2.C7H6O/c8-6-3-1-2-5(4-9)7(6)10;8-6-7-4-2-1-3-5-7/h1-4,10H;1-6H. The van der Waals surface area contributed by atoms with E-state index in [4.69, 9.17) is 5.11 Å². The zero-order chi connectivity index (χ0) is 13.4. The topological polar surface area (TPSA) is 54.4 Å². The van der Waals surface area contributed by atoms with Gasteiger partial charge in [0.25, 0.3) is 0 Å². The highest BCUT2D eigenvalue weighted by Gasteiger charge is 2.01. The molecule has 2 aromatic carbocycles. The zero-order valence-electron chi connectivity index (χ0n) is 9.42. The Kier molecular flexibility index (Phi) is 5.80. The average Bonchev–Trinajstić information content (AvgIpc) is 2.43. The summed E-state index contributed by atoms with van der Waals surface area (Å²) in [6.45, 7) is 0. The van der Waals surface area contributed by atoms with Gasteiger partial charge in [-0.15, -0.1) is 0 Å². The fourth-order valence-corrected chi connectivity index (χ4v) is 1.54. The quantitative estimate of drug-likeness (QED) is 0.864. The fourth-order valence-electron chi connectivity index (χ4n) is 1.16. The van der Waals surface area contributed by atoms with Crippen molar-refractivity contribution in [3.8, 4) is 5.75 Å². The second-order valence-corrected chi connectivity index (χ2v) is 4.18. The Morgan fingerprint density at radius 2 is 1.56 bits per heavy atom. The van der Waals surface area contributed by atoms with Crippen LogP contribution in [0.3, 0.4) is 0 Å². The molecule has 0 amide bonds. The van der Waals surface area contributed by atoms with Crippen LogP contribution < -0.4 is 0 Å². The van der Waals surface area contributed by atoms with Crippen molar-refractivity contribution < 1.29 is 14.7 Å². The molecular formula is C14H11BrO3. The number of phenolic OH excluding ortho intramolecular Hbond substituents is 1. The molecule has 0 bridgehead atoms. The summed E-state index contributed by atoms with van der Waals surface area (Å²) in [7, 11) is 0. The number of benzene rings is 2. The van der Waals surface area contributed by atoms with Crippen molar-refractivity contribution in [3.63, 3.8) is 0 Å². The maximum Gasteiger partial charge on any atom is 0.153 e. The van der Waals surface area contributed by atoms with Crippen LogP contribution in [0.5, 0.6) is 5.75 Å². The fraction of sp³-hybridized carbons (Fsp3) is 0. The second kappa shape index (κ2) is 7.40. The van der Waals surface area contributed by atoms with Crippen molar-refractivity contribution in [2.24, 2.45) is 0 Å². The highest BCUT2D eigenvalue weighted by Crippen LogP contribution is 2.25. The molecule has 0 radical (unpaired) electrons. The van der Waals surface area contributed by atoms with Crippen molar-refractivity contribution in [3.05, 3.63) is 64.1 Å². The minimum atomic E-state index is -0.00231. The first-order valence-corrected chi connectivity index (χ1v) is 5.91. The predicted molar refractivity (Wildman–Crippen MR) is 73.0 cm³/mol. The van der Waals surface area contributed by atoms with Crippen molar-refractivity contribution in [1.82, 2.24) is 0 Å². The van der Waals surface area contributed by atoms with Gasteiger partial charge in [-0.05, 0) is 28.1 Å². The summed E-state index contributed by atoms with van der Waals surface area (Å²) in [5, 5.41) is 9.12. The first kappa shape index (κ1) is 14.1. The number of aromatic hydroxyl groups is 1. The monoisotopic (exact) mass is 306 g/mol. The summed E-state index contributed by atoms with van der Waals surface area (Å²) in [6, 6.07) is 14.0. The molecule has 0 spiro atoms. The Labute approximate surface area is 113 Å². The van der Waals surface area contributed by atoms with Gasteiger partial charge >= 0.3 is 0 Å². The number of rotatable bonds is 2. The Morgan fingerprint density at radius 1 is 0.889 bits per heavy atom. The predicted octanol–water partition coefficient (Wildman–Crippen LogP) is 3.47. The molecule has 0 atom stereocenters. The lowest BCUT2D eigenvalue weighted by Crippen LogP contribution is -1.79. The summed E-state index contributed by atoms with van der Waals surface area (Å²) in [5.41, 5.74) is 1.03. The van der Waals surface area contributed by atoms with Crippen LogP contribution in [0.2, 0.25) is 0 Å². The van der Waals surface area contributed by atoms with Gasteiger partial charge in [-0.1, -0.05) is 36.4 Å². The number of carbonyl (C=O) groups is 2. The SMILES string of the molecule is O=Cc1cccc(Br)c1O.O=Cc1ccccc1. The molecule has 0 unspecified atom stereocenters. The number of hydrogen-bond donors (Lipinski definition) is 1. The van der Waals surface area contributed by atoms with Gasteiger partial charge in [0.1, 0.15) is 12.0 Å². The smallest absolute Gasteiger partial charge is 0.153 e. The number of carbonyl (C=O) groups excluding carboxylic acids is 2. The van der Waals surface area contributed by atoms with Gasteiger partial charge in [0.2, 0.25) is 0 Å². The molecule has 0 saturated heterocycles. The Balaban J connectivity index is 0.000000184. The highest BCUT2D eigenvalue weighted by atomic mass is 79.9. The minimum absolute atomic E-state index is 0.00231. The maximum absolute atomic E-state index is 10.2. The van der Waals surface area contributed by atoms with Crippen LogP contribution in [0.25, 0.3) is 0 Å². The molecule has 18 heavy (non-hydrogen) atoms.